The van der Waals surface area contributed by atoms with Gasteiger partial charge in [-0.2, -0.15) is 0 Å². The van der Waals surface area contributed by atoms with Crippen molar-refractivity contribution in [2.24, 2.45) is 0 Å². The summed E-state index contributed by atoms with van der Waals surface area (Å²) in [6, 6.07) is 5.44. The van der Waals surface area contributed by atoms with Crippen LogP contribution in [-0.4, -0.2) is 13.2 Å². The fourth-order valence-electron chi connectivity index (χ4n) is 1.71. The number of halogens is 1. The maximum Gasteiger partial charge on any atom is 0.530 e. The molecule has 0 unspecified atom stereocenters. The molecule has 0 saturated carbocycles. The lowest BCUT2D eigenvalue weighted by molar-refractivity contribution is 0.167. The Bertz CT molecular complexity index is 454. The van der Waals surface area contributed by atoms with Crippen molar-refractivity contribution >= 4 is 19.4 Å². The van der Waals surface area contributed by atoms with Gasteiger partial charge in [-0.1, -0.05) is 37.1 Å². The molecule has 0 bridgehead atoms. The van der Waals surface area contributed by atoms with Crippen LogP contribution in [0.15, 0.2) is 18.2 Å². The molecule has 0 aromatic heterocycles. The lowest BCUT2D eigenvalue weighted by Gasteiger charge is -2.18. The quantitative estimate of drug-likeness (QED) is 0.583. The van der Waals surface area contributed by atoms with Crippen LogP contribution in [0.25, 0.3) is 0 Å². The van der Waals surface area contributed by atoms with Gasteiger partial charge in [-0.05, 0) is 38.3 Å². The topological polar surface area (TPSA) is 44.8 Å². The number of benzene rings is 1. The van der Waals surface area contributed by atoms with Crippen LogP contribution in [0.5, 0.6) is 5.75 Å². The molecule has 0 aliphatic heterocycles. The average Bonchev–Trinajstić information content (AvgIpc) is 2.40. The third kappa shape index (κ3) is 5.10. The minimum absolute atomic E-state index is 0.240. The highest BCUT2D eigenvalue weighted by atomic mass is 35.5. The largest absolute Gasteiger partial charge is 0.530 e. The highest BCUT2D eigenvalue weighted by molar-refractivity contribution is 7.48. The predicted molar refractivity (Wildman–Crippen MR) is 81.6 cm³/mol. The Labute approximate surface area is 126 Å². The van der Waals surface area contributed by atoms with Crippen molar-refractivity contribution in [3.63, 3.8) is 0 Å². The molecule has 1 aromatic carbocycles. The van der Waals surface area contributed by atoms with Crippen molar-refractivity contribution in [3.8, 4) is 5.75 Å². The van der Waals surface area contributed by atoms with Gasteiger partial charge < -0.3 is 4.52 Å². The fraction of sp³-hybridized carbons (Fsp3) is 0.571. The van der Waals surface area contributed by atoms with Crippen LogP contribution in [0.1, 0.15) is 39.2 Å². The molecule has 0 heterocycles. The molecule has 0 fully saturated rings. The zero-order chi connectivity index (χ0) is 15.0. The van der Waals surface area contributed by atoms with E-state index in [-0.39, 0.29) is 13.2 Å². The van der Waals surface area contributed by atoms with E-state index in [9.17, 15) is 4.57 Å². The number of rotatable bonds is 9. The van der Waals surface area contributed by atoms with E-state index in [0.29, 0.717) is 10.8 Å². The highest BCUT2D eigenvalue weighted by Crippen LogP contribution is 2.51. The zero-order valence-corrected chi connectivity index (χ0v) is 13.9. The maximum atomic E-state index is 12.3. The molecule has 0 saturated heterocycles. The summed E-state index contributed by atoms with van der Waals surface area (Å²) >= 11 is 6.29. The summed E-state index contributed by atoms with van der Waals surface area (Å²) in [6.07, 6.45) is 2.98. The smallest absolute Gasteiger partial charge is 0.402 e. The van der Waals surface area contributed by atoms with Crippen LogP contribution in [0.3, 0.4) is 0 Å². The highest BCUT2D eigenvalue weighted by Gasteiger charge is 2.28. The van der Waals surface area contributed by atoms with Crippen LogP contribution < -0.4 is 4.52 Å². The lowest BCUT2D eigenvalue weighted by Crippen LogP contribution is -2.03. The molecule has 0 amide bonds. The van der Waals surface area contributed by atoms with Gasteiger partial charge in [-0.15, -0.1) is 0 Å². The molecule has 0 N–H and O–H groups in total. The molecule has 114 valence electrons. The van der Waals surface area contributed by atoms with Crippen molar-refractivity contribution in [3.05, 3.63) is 28.8 Å². The van der Waals surface area contributed by atoms with Gasteiger partial charge in [-0.3, -0.25) is 9.05 Å². The lowest BCUT2D eigenvalue weighted by atomic mass is 10.1. The molecule has 20 heavy (non-hydrogen) atoms. The summed E-state index contributed by atoms with van der Waals surface area (Å²) in [7, 11) is -3.60. The van der Waals surface area contributed by atoms with E-state index in [4.69, 9.17) is 25.2 Å². The molecule has 0 spiro atoms. The predicted octanol–water partition coefficient (Wildman–Crippen LogP) is 5.24. The summed E-state index contributed by atoms with van der Waals surface area (Å²) < 4.78 is 28.0. The minimum atomic E-state index is -3.60. The van der Waals surface area contributed by atoms with E-state index in [0.717, 1.165) is 24.8 Å². The Kier molecular flexibility index (Phi) is 7.60. The summed E-state index contributed by atoms with van der Waals surface area (Å²) in [5.74, 6) is 0.338. The van der Waals surface area contributed by atoms with Crippen molar-refractivity contribution < 1.29 is 18.1 Å². The van der Waals surface area contributed by atoms with Gasteiger partial charge in [0.15, 0.2) is 0 Å². The molecule has 6 heteroatoms. The van der Waals surface area contributed by atoms with E-state index in [2.05, 4.69) is 6.92 Å². The summed E-state index contributed by atoms with van der Waals surface area (Å²) in [5.41, 5.74) is 0.977. The van der Waals surface area contributed by atoms with E-state index >= 15 is 0 Å². The third-order valence-corrected chi connectivity index (χ3v) is 4.63. The monoisotopic (exact) mass is 320 g/mol. The molecular formula is C14H22ClO4P. The first-order valence-corrected chi connectivity index (χ1v) is 8.76. The maximum absolute atomic E-state index is 12.3. The Morgan fingerprint density at radius 3 is 2.35 bits per heavy atom. The number of hydrogen-bond acceptors (Lipinski definition) is 4. The second kappa shape index (κ2) is 8.68. The number of aryl methyl sites for hydroxylation is 1. The Morgan fingerprint density at radius 1 is 1.15 bits per heavy atom. The molecule has 1 aromatic rings. The van der Waals surface area contributed by atoms with Gasteiger partial charge in [0.05, 0.1) is 18.2 Å². The molecule has 4 nitrogen and oxygen atoms in total. The molecule has 0 aliphatic rings. The normalized spacial score (nSPS) is 11.6. The molecular weight excluding hydrogens is 299 g/mol. The van der Waals surface area contributed by atoms with E-state index < -0.39 is 7.82 Å². The van der Waals surface area contributed by atoms with Gasteiger partial charge in [0.1, 0.15) is 5.75 Å². The van der Waals surface area contributed by atoms with E-state index in [1.807, 2.05) is 12.1 Å². The summed E-state index contributed by atoms with van der Waals surface area (Å²) in [5, 5.41) is 0.473. The Morgan fingerprint density at radius 2 is 1.80 bits per heavy atom. The van der Waals surface area contributed by atoms with Crippen LogP contribution >= 0.6 is 19.4 Å². The Hall–Kier alpha value is -0.540. The van der Waals surface area contributed by atoms with Gasteiger partial charge in [0.2, 0.25) is 0 Å². The fourth-order valence-corrected chi connectivity index (χ4v) is 3.23. The SMILES string of the molecule is CCCCc1cccc(OP(=O)(OCC)OCC)c1Cl. The summed E-state index contributed by atoms with van der Waals surface area (Å²) in [4.78, 5) is 0. The molecule has 1 rings (SSSR count). The number of unbranched alkanes of at least 4 members (excludes halogenated alkanes) is 1. The standard InChI is InChI=1S/C14H22ClO4P/c1-4-7-9-12-10-8-11-13(14(12)15)19-20(16,17-5-2)18-6-3/h8,10-11H,4-7,9H2,1-3H3. The average molecular weight is 321 g/mol. The van der Waals surface area contributed by atoms with Crippen LogP contribution in [0, 0.1) is 0 Å². The van der Waals surface area contributed by atoms with Crippen molar-refractivity contribution in [2.45, 2.75) is 40.0 Å². The first kappa shape index (κ1) is 17.5. The van der Waals surface area contributed by atoms with E-state index in [1.54, 1.807) is 19.9 Å². The third-order valence-electron chi connectivity index (χ3n) is 2.63. The second-order valence-corrected chi connectivity index (χ2v) is 6.18. The molecule has 0 atom stereocenters. The van der Waals surface area contributed by atoms with Gasteiger partial charge in [-0.25, -0.2) is 4.57 Å². The minimum Gasteiger partial charge on any atom is -0.402 e. The van der Waals surface area contributed by atoms with Gasteiger partial charge in [0, 0.05) is 0 Å². The van der Waals surface area contributed by atoms with Gasteiger partial charge >= 0.3 is 7.82 Å². The molecule has 0 radical (unpaired) electrons. The summed E-state index contributed by atoms with van der Waals surface area (Å²) in [6.45, 7) is 6.06. The van der Waals surface area contributed by atoms with Crippen LogP contribution in [0.2, 0.25) is 5.02 Å². The van der Waals surface area contributed by atoms with Crippen LogP contribution in [0.4, 0.5) is 0 Å². The van der Waals surface area contributed by atoms with Crippen molar-refractivity contribution in [2.75, 3.05) is 13.2 Å². The van der Waals surface area contributed by atoms with Crippen molar-refractivity contribution in [1.29, 1.82) is 0 Å². The number of hydrogen-bond donors (Lipinski definition) is 0. The van der Waals surface area contributed by atoms with Gasteiger partial charge in [0.25, 0.3) is 0 Å². The van der Waals surface area contributed by atoms with E-state index in [1.165, 1.54) is 0 Å². The first-order valence-electron chi connectivity index (χ1n) is 6.92. The zero-order valence-electron chi connectivity index (χ0n) is 12.2. The number of phosphoric ester groups is 1. The second-order valence-electron chi connectivity index (χ2n) is 4.21. The number of phosphoric acid groups is 1. The van der Waals surface area contributed by atoms with Crippen LogP contribution in [-0.2, 0) is 20.0 Å². The first-order chi connectivity index (χ1) is 9.56. The van der Waals surface area contributed by atoms with Crippen molar-refractivity contribution in [1.82, 2.24) is 0 Å². The Balaban J connectivity index is 2.92. The molecule has 0 aliphatic carbocycles.